The van der Waals surface area contributed by atoms with Gasteiger partial charge in [-0.25, -0.2) is 13.8 Å². The van der Waals surface area contributed by atoms with E-state index >= 15 is 0 Å². The highest BCUT2D eigenvalue weighted by atomic mass is 35.5. The van der Waals surface area contributed by atoms with Gasteiger partial charge in [0.05, 0.1) is 24.5 Å². The van der Waals surface area contributed by atoms with Crippen molar-refractivity contribution < 1.29 is 13.5 Å². The van der Waals surface area contributed by atoms with Crippen LogP contribution in [0.3, 0.4) is 0 Å². The molecule has 1 aliphatic carbocycles. The number of nitrogens with zero attached hydrogens (tertiary/aromatic N) is 4. The fourth-order valence-corrected chi connectivity index (χ4v) is 3.63. The van der Waals surface area contributed by atoms with E-state index in [1.165, 1.54) is 6.20 Å². The summed E-state index contributed by atoms with van der Waals surface area (Å²) in [5.41, 5.74) is 1.47. The Morgan fingerprint density at radius 3 is 2.89 bits per heavy atom. The average molecular weight is 399 g/mol. The van der Waals surface area contributed by atoms with Gasteiger partial charge in [0, 0.05) is 19.4 Å². The molecule has 1 aliphatic heterocycles. The first-order valence-corrected chi connectivity index (χ1v) is 9.44. The number of fused-ring (bicyclic) bond motifs is 3. The summed E-state index contributed by atoms with van der Waals surface area (Å²) in [4.78, 5) is 8.61. The van der Waals surface area contributed by atoms with E-state index in [0.29, 0.717) is 54.3 Å². The number of anilines is 3. The first kappa shape index (κ1) is 18.2. The molecule has 2 bridgehead atoms. The van der Waals surface area contributed by atoms with E-state index in [9.17, 15) is 8.78 Å². The maximum absolute atomic E-state index is 13.5. The van der Waals surface area contributed by atoms with Gasteiger partial charge in [-0.15, -0.1) is 5.10 Å². The third kappa shape index (κ3) is 3.78. The van der Waals surface area contributed by atoms with E-state index in [-0.39, 0.29) is 18.9 Å². The van der Waals surface area contributed by atoms with Gasteiger partial charge in [0.1, 0.15) is 10.7 Å². The van der Waals surface area contributed by atoms with Crippen LogP contribution in [0.2, 0.25) is 5.02 Å². The van der Waals surface area contributed by atoms with Crippen molar-refractivity contribution in [2.75, 3.05) is 23.8 Å². The number of nitrogens with one attached hydrogen (secondary N) is 2. The predicted molar refractivity (Wildman–Crippen MR) is 98.3 cm³/mol. The Morgan fingerprint density at radius 2 is 2.11 bits per heavy atom. The van der Waals surface area contributed by atoms with E-state index < -0.39 is 5.92 Å². The molecule has 0 unspecified atom stereocenters. The van der Waals surface area contributed by atoms with E-state index in [2.05, 4.69) is 25.7 Å². The Bertz CT molecular complexity index is 833. The van der Waals surface area contributed by atoms with Gasteiger partial charge in [0.2, 0.25) is 11.9 Å². The summed E-state index contributed by atoms with van der Waals surface area (Å²) in [6, 6.07) is -0.0706. The highest BCUT2D eigenvalue weighted by Crippen LogP contribution is 2.41. The molecule has 7 nitrogen and oxygen atoms in total. The summed E-state index contributed by atoms with van der Waals surface area (Å²) in [6.07, 6.45) is 2.80. The molecule has 1 fully saturated rings. The molecule has 2 aromatic heterocycles. The third-order valence-electron chi connectivity index (χ3n) is 4.98. The molecule has 0 spiro atoms. The molecular weight excluding hydrogens is 378 g/mol. The number of rotatable bonds is 1. The van der Waals surface area contributed by atoms with Crippen molar-refractivity contribution in [1.29, 1.82) is 0 Å². The summed E-state index contributed by atoms with van der Waals surface area (Å²) in [6.45, 7) is 2.99. The summed E-state index contributed by atoms with van der Waals surface area (Å²) in [5, 5.41) is 11.3. The van der Waals surface area contributed by atoms with Crippen molar-refractivity contribution in [3.8, 4) is 5.88 Å². The molecule has 1 saturated carbocycles. The Labute approximate surface area is 160 Å². The van der Waals surface area contributed by atoms with Gasteiger partial charge in [-0.2, -0.15) is 4.98 Å². The number of hydrogen-bond acceptors (Lipinski definition) is 6. The van der Waals surface area contributed by atoms with Crippen LogP contribution < -0.4 is 15.4 Å². The molecular formula is C17H21ClF2N6O. The highest BCUT2D eigenvalue weighted by Gasteiger charge is 2.37. The standard InChI is InChI=1S/C17H21ClF2N6O/c1-10-13-15(25-26(10)11-3-5-17(19,20)6-4-11)27-8-2-7-21-14-12(18)9-22-16(23-13)24-14/h9,11H,2-8H2,1H3,(H2,21,22,23,24). The lowest BCUT2D eigenvalue weighted by molar-refractivity contribution is -0.0452. The molecule has 3 heterocycles. The van der Waals surface area contributed by atoms with Gasteiger partial charge >= 0.3 is 0 Å². The van der Waals surface area contributed by atoms with Gasteiger partial charge in [-0.05, 0) is 26.2 Å². The summed E-state index contributed by atoms with van der Waals surface area (Å²) < 4.78 is 34.7. The van der Waals surface area contributed by atoms with E-state index in [1.54, 1.807) is 4.68 Å². The minimum Gasteiger partial charge on any atom is -0.475 e. The van der Waals surface area contributed by atoms with Crippen molar-refractivity contribution in [2.45, 2.75) is 51.0 Å². The van der Waals surface area contributed by atoms with E-state index in [4.69, 9.17) is 16.3 Å². The predicted octanol–water partition coefficient (Wildman–Crippen LogP) is 4.32. The lowest BCUT2D eigenvalue weighted by Crippen LogP contribution is -2.27. The lowest BCUT2D eigenvalue weighted by Gasteiger charge is -2.29. The maximum atomic E-state index is 13.5. The summed E-state index contributed by atoms with van der Waals surface area (Å²) >= 11 is 6.13. The fraction of sp³-hybridized carbons (Fsp3) is 0.588. The van der Waals surface area contributed by atoms with E-state index in [1.807, 2.05) is 6.92 Å². The third-order valence-corrected chi connectivity index (χ3v) is 5.26. The number of ether oxygens (including phenoxy) is 1. The monoisotopic (exact) mass is 398 g/mol. The molecule has 0 atom stereocenters. The average Bonchev–Trinajstić information content (AvgIpc) is 2.92. The van der Waals surface area contributed by atoms with Gasteiger partial charge in [0.25, 0.3) is 5.88 Å². The molecule has 10 heteroatoms. The fourth-order valence-electron chi connectivity index (χ4n) is 3.47. The number of hydrogen-bond donors (Lipinski definition) is 2. The Morgan fingerprint density at radius 1 is 1.33 bits per heavy atom. The number of aromatic nitrogens is 4. The first-order valence-electron chi connectivity index (χ1n) is 9.06. The highest BCUT2D eigenvalue weighted by molar-refractivity contribution is 6.32. The Hall–Kier alpha value is -2.16. The van der Waals surface area contributed by atoms with E-state index in [0.717, 1.165) is 12.1 Å². The molecule has 146 valence electrons. The van der Waals surface area contributed by atoms with Crippen LogP contribution in [-0.2, 0) is 0 Å². The van der Waals surface area contributed by atoms with Crippen LogP contribution in [0.5, 0.6) is 5.88 Å². The SMILES string of the molecule is Cc1c2c(nn1C1CCC(F)(F)CC1)OCCCNc1nc(ncc1Cl)N2. The summed E-state index contributed by atoms with van der Waals surface area (Å²) in [7, 11) is 0. The van der Waals surface area contributed by atoms with Crippen LogP contribution in [0.25, 0.3) is 0 Å². The molecule has 0 aromatic carbocycles. The van der Waals surface area contributed by atoms with Gasteiger partial charge in [-0.3, -0.25) is 4.68 Å². The second-order valence-corrected chi connectivity index (χ2v) is 7.35. The lowest BCUT2D eigenvalue weighted by atomic mass is 9.92. The van der Waals surface area contributed by atoms with Crippen LogP contribution in [0.15, 0.2) is 6.20 Å². The molecule has 4 rings (SSSR count). The Balaban J connectivity index is 1.66. The largest absolute Gasteiger partial charge is 0.475 e. The van der Waals surface area contributed by atoms with Crippen LogP contribution in [0.4, 0.5) is 26.2 Å². The molecule has 27 heavy (non-hydrogen) atoms. The zero-order valence-corrected chi connectivity index (χ0v) is 15.7. The molecule has 0 radical (unpaired) electrons. The van der Waals surface area contributed by atoms with Crippen molar-refractivity contribution in [3.63, 3.8) is 0 Å². The molecule has 2 N–H and O–H groups in total. The quantitative estimate of drug-likeness (QED) is 0.744. The van der Waals surface area contributed by atoms with Gasteiger partial charge in [0.15, 0.2) is 5.82 Å². The van der Waals surface area contributed by atoms with Crippen molar-refractivity contribution >= 4 is 29.1 Å². The number of alkyl halides is 2. The zero-order valence-electron chi connectivity index (χ0n) is 14.9. The van der Waals surface area contributed by atoms with Gasteiger partial charge in [-0.1, -0.05) is 11.6 Å². The first-order chi connectivity index (χ1) is 12.9. The normalized spacial score (nSPS) is 19.9. The minimum atomic E-state index is -2.57. The van der Waals surface area contributed by atoms with Crippen LogP contribution in [0.1, 0.15) is 43.8 Å². The molecule has 2 aliphatic rings. The second-order valence-electron chi connectivity index (χ2n) is 6.94. The smallest absolute Gasteiger partial charge is 0.257 e. The number of halogens is 3. The second kappa shape index (κ2) is 7.10. The van der Waals surface area contributed by atoms with Crippen LogP contribution >= 0.6 is 11.6 Å². The van der Waals surface area contributed by atoms with Crippen LogP contribution in [-0.4, -0.2) is 38.8 Å². The van der Waals surface area contributed by atoms with Crippen molar-refractivity contribution in [2.24, 2.45) is 0 Å². The topological polar surface area (TPSA) is 76.9 Å². The van der Waals surface area contributed by atoms with Crippen molar-refractivity contribution in [1.82, 2.24) is 19.7 Å². The molecule has 2 aromatic rings. The minimum absolute atomic E-state index is 0.0706. The van der Waals surface area contributed by atoms with Crippen molar-refractivity contribution in [3.05, 3.63) is 16.9 Å². The van der Waals surface area contributed by atoms with Gasteiger partial charge < -0.3 is 15.4 Å². The molecule has 0 saturated heterocycles. The van der Waals surface area contributed by atoms with Crippen LogP contribution in [0, 0.1) is 6.92 Å². The zero-order chi connectivity index (χ0) is 19.0. The summed E-state index contributed by atoms with van der Waals surface area (Å²) in [5.74, 6) is -1.22. The Kier molecular flexibility index (Phi) is 4.79. The molecule has 0 amide bonds. The maximum Gasteiger partial charge on any atom is 0.257 e.